The molecule has 0 fully saturated rings. The lowest BCUT2D eigenvalue weighted by molar-refractivity contribution is 0.0199. The summed E-state index contributed by atoms with van der Waals surface area (Å²) in [4.78, 5) is 4.74. The minimum atomic E-state index is -0.744. The van der Waals surface area contributed by atoms with Crippen LogP contribution in [0.4, 0.5) is 4.39 Å². The third-order valence-electron chi connectivity index (χ3n) is 5.46. The summed E-state index contributed by atoms with van der Waals surface area (Å²) >= 11 is 0. The van der Waals surface area contributed by atoms with Crippen molar-refractivity contribution in [2.75, 3.05) is 20.8 Å². The Morgan fingerprint density at radius 1 is 1.00 bits per heavy atom. The van der Waals surface area contributed by atoms with Gasteiger partial charge in [-0.25, -0.2) is 9.37 Å². The number of hydrogen-bond acceptors (Lipinski definition) is 5. The zero-order valence-electron chi connectivity index (χ0n) is 18.7. The second-order valence-electron chi connectivity index (χ2n) is 7.78. The van der Waals surface area contributed by atoms with E-state index in [0.717, 1.165) is 28.0 Å². The Kier molecular flexibility index (Phi) is 7.22. The minimum Gasteiger partial charge on any atom is -0.497 e. The molecular formula is C26H27FN2O4. The van der Waals surface area contributed by atoms with Crippen LogP contribution in [0.5, 0.6) is 11.5 Å². The number of benzene rings is 3. The van der Waals surface area contributed by atoms with Crippen LogP contribution in [0, 0.1) is 5.82 Å². The number of fused-ring (bicyclic) bond motifs is 1. The third kappa shape index (κ3) is 5.50. The van der Waals surface area contributed by atoms with Gasteiger partial charge in [0.05, 0.1) is 51.1 Å². The van der Waals surface area contributed by atoms with Gasteiger partial charge in [0.1, 0.15) is 23.1 Å². The van der Waals surface area contributed by atoms with Crippen LogP contribution in [0.15, 0.2) is 66.7 Å². The average molecular weight is 451 g/mol. The summed E-state index contributed by atoms with van der Waals surface area (Å²) in [5.41, 5.74) is 3.57. The maximum Gasteiger partial charge on any atom is 0.124 e. The van der Waals surface area contributed by atoms with Crippen molar-refractivity contribution in [1.29, 1.82) is 0 Å². The van der Waals surface area contributed by atoms with E-state index in [1.165, 1.54) is 12.1 Å². The van der Waals surface area contributed by atoms with E-state index < -0.39 is 6.10 Å². The van der Waals surface area contributed by atoms with Gasteiger partial charge in [-0.15, -0.1) is 0 Å². The predicted molar refractivity (Wildman–Crippen MR) is 124 cm³/mol. The first-order valence-corrected chi connectivity index (χ1v) is 10.7. The number of hydrogen-bond donors (Lipinski definition) is 1. The lowest BCUT2D eigenvalue weighted by Crippen LogP contribution is -2.23. The summed E-state index contributed by atoms with van der Waals surface area (Å²) in [6.07, 6.45) is -0.213. The Bertz CT molecular complexity index is 1210. The molecule has 0 spiro atoms. The molecule has 1 unspecified atom stereocenters. The maximum atomic E-state index is 13.3. The van der Waals surface area contributed by atoms with Crippen molar-refractivity contribution in [1.82, 2.24) is 9.55 Å². The molecule has 0 saturated carbocycles. The van der Waals surface area contributed by atoms with Crippen LogP contribution in [0.25, 0.3) is 11.0 Å². The van der Waals surface area contributed by atoms with Crippen molar-refractivity contribution in [3.05, 3.63) is 89.5 Å². The molecule has 1 atom stereocenters. The fourth-order valence-corrected chi connectivity index (χ4v) is 3.81. The van der Waals surface area contributed by atoms with Gasteiger partial charge in [-0.3, -0.25) is 0 Å². The zero-order chi connectivity index (χ0) is 23.2. The first kappa shape index (κ1) is 22.8. The van der Waals surface area contributed by atoms with Crippen molar-refractivity contribution >= 4 is 11.0 Å². The van der Waals surface area contributed by atoms with Crippen LogP contribution in [-0.4, -0.2) is 41.6 Å². The van der Waals surface area contributed by atoms with Gasteiger partial charge in [-0.1, -0.05) is 24.3 Å². The molecule has 172 valence electrons. The second-order valence-corrected chi connectivity index (χ2v) is 7.78. The molecule has 4 rings (SSSR count). The van der Waals surface area contributed by atoms with E-state index in [1.807, 2.05) is 47.0 Å². The van der Waals surface area contributed by atoms with E-state index in [9.17, 15) is 9.50 Å². The lowest BCUT2D eigenvalue weighted by Gasteiger charge is -2.16. The molecule has 6 nitrogen and oxygen atoms in total. The van der Waals surface area contributed by atoms with Gasteiger partial charge in [-0.2, -0.15) is 0 Å². The predicted octanol–water partition coefficient (Wildman–Crippen LogP) is 4.36. The van der Waals surface area contributed by atoms with Gasteiger partial charge in [0, 0.05) is 12.0 Å². The summed E-state index contributed by atoms with van der Waals surface area (Å²) < 4.78 is 31.7. The number of aliphatic hydroxyl groups excluding tert-OH is 1. The quantitative estimate of drug-likeness (QED) is 0.389. The van der Waals surface area contributed by atoms with E-state index in [1.54, 1.807) is 26.4 Å². The Balaban J connectivity index is 1.46. The number of methoxy groups -OCH3 is 2. The number of halogens is 1. The highest BCUT2D eigenvalue weighted by Crippen LogP contribution is 2.25. The highest BCUT2D eigenvalue weighted by Gasteiger charge is 2.15. The highest BCUT2D eigenvalue weighted by atomic mass is 19.1. The highest BCUT2D eigenvalue weighted by molar-refractivity contribution is 5.76. The minimum absolute atomic E-state index is 0.142. The summed E-state index contributed by atoms with van der Waals surface area (Å²) in [6, 6.07) is 19.7. The SMILES string of the molecule is COc1ccc(OC)c(COCC(O)Cn2c(Cc3ccc(F)cc3)nc3ccccc32)c1. The van der Waals surface area contributed by atoms with E-state index >= 15 is 0 Å². The van der Waals surface area contributed by atoms with Gasteiger partial charge in [-0.05, 0) is 48.0 Å². The van der Waals surface area contributed by atoms with Crippen molar-refractivity contribution in [2.45, 2.75) is 25.7 Å². The summed E-state index contributed by atoms with van der Waals surface area (Å²) in [6.45, 7) is 0.750. The van der Waals surface area contributed by atoms with E-state index in [2.05, 4.69) is 0 Å². The van der Waals surface area contributed by atoms with Gasteiger partial charge in [0.15, 0.2) is 0 Å². The molecule has 1 heterocycles. The smallest absolute Gasteiger partial charge is 0.124 e. The Morgan fingerprint density at radius 2 is 1.79 bits per heavy atom. The van der Waals surface area contributed by atoms with E-state index in [0.29, 0.717) is 24.5 Å². The van der Waals surface area contributed by atoms with Crippen molar-refractivity contribution in [3.63, 3.8) is 0 Å². The molecule has 0 aliphatic heterocycles. The molecule has 0 aliphatic carbocycles. The monoisotopic (exact) mass is 450 g/mol. The van der Waals surface area contributed by atoms with Crippen molar-refractivity contribution < 1.29 is 23.7 Å². The van der Waals surface area contributed by atoms with Crippen LogP contribution in [0.1, 0.15) is 17.0 Å². The maximum absolute atomic E-state index is 13.3. The number of ether oxygens (including phenoxy) is 3. The molecule has 33 heavy (non-hydrogen) atoms. The van der Waals surface area contributed by atoms with Crippen LogP contribution < -0.4 is 9.47 Å². The number of aromatic nitrogens is 2. The van der Waals surface area contributed by atoms with E-state index in [-0.39, 0.29) is 19.0 Å². The van der Waals surface area contributed by atoms with Gasteiger partial charge in [0.25, 0.3) is 0 Å². The molecule has 0 radical (unpaired) electrons. The van der Waals surface area contributed by atoms with Gasteiger partial charge in [0.2, 0.25) is 0 Å². The molecule has 7 heteroatoms. The van der Waals surface area contributed by atoms with Crippen LogP contribution >= 0.6 is 0 Å². The topological polar surface area (TPSA) is 65.7 Å². The standard InChI is InChI=1S/C26H27FN2O4/c1-31-22-11-12-25(32-2)19(14-22)16-33-17-21(30)15-29-24-6-4-3-5-23(24)28-26(29)13-18-7-9-20(27)10-8-18/h3-12,14,21,30H,13,15-17H2,1-2H3. The number of imidazole rings is 1. The summed E-state index contributed by atoms with van der Waals surface area (Å²) in [5, 5.41) is 10.7. The average Bonchev–Trinajstić information content (AvgIpc) is 3.17. The van der Waals surface area contributed by atoms with Crippen LogP contribution in [0.3, 0.4) is 0 Å². The first-order valence-electron chi connectivity index (χ1n) is 10.7. The number of nitrogens with zero attached hydrogens (tertiary/aromatic N) is 2. The normalized spacial score (nSPS) is 12.1. The van der Waals surface area contributed by atoms with E-state index in [4.69, 9.17) is 19.2 Å². The van der Waals surface area contributed by atoms with Crippen molar-refractivity contribution in [2.24, 2.45) is 0 Å². The first-order chi connectivity index (χ1) is 16.1. The molecular weight excluding hydrogens is 423 g/mol. The fraction of sp³-hybridized carbons (Fsp3) is 0.269. The largest absolute Gasteiger partial charge is 0.497 e. The molecule has 0 amide bonds. The van der Waals surface area contributed by atoms with Crippen molar-refractivity contribution in [3.8, 4) is 11.5 Å². The van der Waals surface area contributed by atoms with Crippen LogP contribution in [-0.2, 0) is 24.3 Å². The second kappa shape index (κ2) is 10.5. The van der Waals surface area contributed by atoms with Gasteiger partial charge >= 0.3 is 0 Å². The zero-order valence-corrected chi connectivity index (χ0v) is 18.7. The van der Waals surface area contributed by atoms with Crippen LogP contribution in [0.2, 0.25) is 0 Å². The summed E-state index contributed by atoms with van der Waals surface area (Å²) in [7, 11) is 3.21. The van der Waals surface area contributed by atoms with Gasteiger partial charge < -0.3 is 23.9 Å². The Labute approximate surface area is 192 Å². The molecule has 0 saturated heterocycles. The Hall–Kier alpha value is -3.42. The number of aliphatic hydroxyl groups is 1. The molecule has 1 N–H and O–H groups in total. The molecule has 0 aliphatic rings. The Morgan fingerprint density at radius 3 is 2.55 bits per heavy atom. The molecule has 0 bridgehead atoms. The molecule has 3 aromatic carbocycles. The fourth-order valence-electron chi connectivity index (χ4n) is 3.81. The lowest BCUT2D eigenvalue weighted by atomic mass is 10.1. The molecule has 1 aromatic heterocycles. The molecule has 4 aromatic rings. The summed E-state index contributed by atoms with van der Waals surface area (Å²) in [5.74, 6) is 1.95. The number of para-hydroxylation sites is 2. The third-order valence-corrected chi connectivity index (χ3v) is 5.46. The number of rotatable bonds is 10.